The number of hydroxylamine groups is 1. The van der Waals surface area contributed by atoms with Gasteiger partial charge in [-0.25, -0.2) is 23.1 Å². The van der Waals surface area contributed by atoms with Crippen molar-refractivity contribution in [2.45, 2.75) is 44.7 Å². The van der Waals surface area contributed by atoms with Crippen LogP contribution in [0.2, 0.25) is 0 Å². The Morgan fingerprint density at radius 1 is 1.00 bits per heavy atom. The third-order valence-corrected chi connectivity index (χ3v) is 7.16. The van der Waals surface area contributed by atoms with Gasteiger partial charge in [0.05, 0.1) is 17.9 Å². The van der Waals surface area contributed by atoms with Gasteiger partial charge in [0.15, 0.2) is 0 Å². The number of esters is 1. The summed E-state index contributed by atoms with van der Waals surface area (Å²) in [4.78, 5) is 35.6. The number of hydrogen-bond acceptors (Lipinski definition) is 10. The molecule has 2 aromatic rings. The predicted molar refractivity (Wildman–Crippen MR) is 133 cm³/mol. The van der Waals surface area contributed by atoms with Crippen LogP contribution in [-0.4, -0.2) is 61.9 Å². The number of carbonyl (C=O) groups excluding carboxylic acids is 3. The Morgan fingerprint density at radius 3 is 2.21 bits per heavy atom. The zero-order chi connectivity index (χ0) is 29.0. The van der Waals surface area contributed by atoms with E-state index in [2.05, 4.69) is 9.47 Å². The molecule has 1 amide bonds. The quantitative estimate of drug-likeness (QED) is 0.150. The van der Waals surface area contributed by atoms with Crippen molar-refractivity contribution in [3.05, 3.63) is 59.9 Å². The summed E-state index contributed by atoms with van der Waals surface area (Å²) in [6, 6.07) is 9.66. The number of sulfonamides is 1. The molecule has 1 atom stereocenters. The zero-order valence-corrected chi connectivity index (χ0v) is 22.5. The molecule has 0 spiro atoms. The van der Waals surface area contributed by atoms with Gasteiger partial charge in [-0.05, 0) is 54.8 Å². The number of halogens is 1. The van der Waals surface area contributed by atoms with Gasteiger partial charge in [-0.15, -0.1) is 0 Å². The highest BCUT2D eigenvalue weighted by atomic mass is 32.2. The fourth-order valence-electron chi connectivity index (χ4n) is 3.41. The largest absolute Gasteiger partial charge is 0.511 e. The van der Waals surface area contributed by atoms with E-state index in [-0.39, 0.29) is 23.9 Å². The second-order valence-corrected chi connectivity index (χ2v) is 10.3. The fourth-order valence-corrected chi connectivity index (χ4v) is 5.13. The number of benzene rings is 2. The molecule has 0 saturated heterocycles. The first-order valence-electron chi connectivity index (χ1n) is 11.9. The molecule has 0 bridgehead atoms. The van der Waals surface area contributed by atoms with Crippen LogP contribution in [0.5, 0.6) is 5.75 Å². The molecular formula is C25H31FN2O10S. The number of amides is 1. The van der Waals surface area contributed by atoms with Crippen LogP contribution in [0.1, 0.15) is 32.8 Å². The van der Waals surface area contributed by atoms with Crippen molar-refractivity contribution >= 4 is 28.1 Å². The van der Waals surface area contributed by atoms with Gasteiger partial charge >= 0.3 is 12.1 Å². The van der Waals surface area contributed by atoms with E-state index >= 15 is 0 Å². The molecule has 0 saturated carbocycles. The predicted octanol–water partition coefficient (Wildman–Crippen LogP) is 2.99. The van der Waals surface area contributed by atoms with Crippen LogP contribution in [-0.2, 0) is 40.4 Å². The highest BCUT2D eigenvalue weighted by Gasteiger charge is 2.38. The minimum atomic E-state index is -4.37. The van der Waals surface area contributed by atoms with E-state index in [1.54, 1.807) is 32.9 Å². The Hall–Kier alpha value is -3.75. The standard InChI is InChI=1S/C25H31FN2O10S/c1-4-35-25(31)38-16-37-22(29)13-14-28(23(17(2)3)24(30)27-32)39(33,34)21-11-9-20(10-12-21)36-15-18-5-7-19(26)8-6-18/h5-12,17,23,32H,4,13-16H2,1-3H3,(H,27,30). The normalized spacial score (nSPS) is 12.1. The minimum Gasteiger partial charge on any atom is -0.489 e. The monoisotopic (exact) mass is 570 g/mol. The van der Waals surface area contributed by atoms with E-state index < -0.39 is 59.8 Å². The summed E-state index contributed by atoms with van der Waals surface area (Å²) < 4.78 is 60.4. The Bertz CT molecular complexity index is 1200. The molecule has 0 aliphatic carbocycles. The van der Waals surface area contributed by atoms with Gasteiger partial charge in [0.1, 0.15) is 24.2 Å². The topological polar surface area (TPSA) is 158 Å². The maximum Gasteiger partial charge on any atom is 0.511 e. The van der Waals surface area contributed by atoms with Crippen molar-refractivity contribution in [2.24, 2.45) is 5.92 Å². The van der Waals surface area contributed by atoms with E-state index in [0.29, 0.717) is 11.3 Å². The Labute approximate surface area is 225 Å². The SMILES string of the molecule is CCOC(=O)OCOC(=O)CCN(C(C(=O)NO)C(C)C)S(=O)(=O)c1ccc(OCc2ccc(F)cc2)cc1. The molecule has 214 valence electrons. The summed E-state index contributed by atoms with van der Waals surface area (Å²) in [5, 5.41) is 9.22. The van der Waals surface area contributed by atoms with Crippen LogP contribution in [0.15, 0.2) is 53.4 Å². The lowest BCUT2D eigenvalue weighted by Crippen LogP contribution is -2.52. The molecule has 2 N–H and O–H groups in total. The maximum atomic E-state index is 13.6. The summed E-state index contributed by atoms with van der Waals surface area (Å²) in [6.45, 7) is 3.65. The van der Waals surface area contributed by atoms with Crippen molar-refractivity contribution in [3.63, 3.8) is 0 Å². The van der Waals surface area contributed by atoms with Crippen molar-refractivity contribution in [2.75, 3.05) is 19.9 Å². The third kappa shape index (κ3) is 9.50. The van der Waals surface area contributed by atoms with E-state index in [9.17, 15) is 32.4 Å². The van der Waals surface area contributed by atoms with Crippen LogP contribution < -0.4 is 10.2 Å². The van der Waals surface area contributed by atoms with Crippen molar-refractivity contribution in [1.29, 1.82) is 0 Å². The molecule has 39 heavy (non-hydrogen) atoms. The molecular weight excluding hydrogens is 539 g/mol. The number of ether oxygens (including phenoxy) is 4. The van der Waals surface area contributed by atoms with Crippen molar-refractivity contribution < 1.29 is 51.3 Å². The van der Waals surface area contributed by atoms with Crippen molar-refractivity contribution in [3.8, 4) is 5.75 Å². The zero-order valence-electron chi connectivity index (χ0n) is 21.7. The van der Waals surface area contributed by atoms with Gasteiger partial charge in [-0.3, -0.25) is 14.8 Å². The van der Waals surface area contributed by atoms with Gasteiger partial charge in [0, 0.05) is 6.54 Å². The Morgan fingerprint density at radius 2 is 1.64 bits per heavy atom. The highest BCUT2D eigenvalue weighted by molar-refractivity contribution is 7.89. The molecule has 2 rings (SSSR count). The molecule has 0 heterocycles. The lowest BCUT2D eigenvalue weighted by Gasteiger charge is -2.31. The van der Waals surface area contributed by atoms with Gasteiger partial charge in [0.2, 0.25) is 16.8 Å². The molecule has 0 aromatic heterocycles. The molecule has 0 aliphatic rings. The number of rotatable bonds is 14. The van der Waals surface area contributed by atoms with E-state index in [1.807, 2.05) is 0 Å². The molecule has 2 aromatic carbocycles. The second kappa shape index (κ2) is 15.0. The first kappa shape index (κ1) is 31.5. The Balaban J connectivity index is 2.18. The average molecular weight is 571 g/mol. The first-order chi connectivity index (χ1) is 18.5. The van der Waals surface area contributed by atoms with Crippen LogP contribution >= 0.6 is 0 Å². The number of nitrogens with zero attached hydrogens (tertiary/aromatic N) is 1. The molecule has 1 unspecified atom stereocenters. The van der Waals surface area contributed by atoms with Gasteiger partial charge in [0.25, 0.3) is 5.91 Å². The van der Waals surface area contributed by atoms with Crippen LogP contribution in [0.3, 0.4) is 0 Å². The number of nitrogens with one attached hydrogen (secondary N) is 1. The maximum absolute atomic E-state index is 13.6. The second-order valence-electron chi connectivity index (χ2n) is 8.38. The lowest BCUT2D eigenvalue weighted by molar-refractivity contribution is -0.153. The van der Waals surface area contributed by atoms with E-state index in [1.165, 1.54) is 41.9 Å². The lowest BCUT2D eigenvalue weighted by atomic mass is 10.0. The fraction of sp³-hybridized carbons (Fsp3) is 0.400. The summed E-state index contributed by atoms with van der Waals surface area (Å²) in [5.74, 6) is -2.55. The van der Waals surface area contributed by atoms with Gasteiger partial charge < -0.3 is 18.9 Å². The van der Waals surface area contributed by atoms with Crippen molar-refractivity contribution in [1.82, 2.24) is 9.79 Å². The molecule has 0 radical (unpaired) electrons. The summed E-state index contributed by atoms with van der Waals surface area (Å²) >= 11 is 0. The summed E-state index contributed by atoms with van der Waals surface area (Å²) in [6.07, 6.45) is -1.54. The highest BCUT2D eigenvalue weighted by Crippen LogP contribution is 2.25. The van der Waals surface area contributed by atoms with Gasteiger partial charge in [-0.2, -0.15) is 4.31 Å². The smallest absolute Gasteiger partial charge is 0.489 e. The molecule has 14 heteroatoms. The first-order valence-corrected chi connectivity index (χ1v) is 13.3. The van der Waals surface area contributed by atoms with E-state index in [0.717, 1.165) is 4.31 Å². The van der Waals surface area contributed by atoms with Gasteiger partial charge in [-0.1, -0.05) is 26.0 Å². The van der Waals surface area contributed by atoms with Crippen LogP contribution in [0.25, 0.3) is 0 Å². The van der Waals surface area contributed by atoms with Crippen LogP contribution in [0, 0.1) is 11.7 Å². The average Bonchev–Trinajstić information content (AvgIpc) is 2.90. The van der Waals surface area contributed by atoms with Crippen LogP contribution in [0.4, 0.5) is 9.18 Å². The molecule has 0 fully saturated rings. The molecule has 12 nitrogen and oxygen atoms in total. The number of hydrogen-bond donors (Lipinski definition) is 2. The molecule has 0 aliphatic heterocycles. The summed E-state index contributed by atoms with van der Waals surface area (Å²) in [5.41, 5.74) is 2.17. The van der Waals surface area contributed by atoms with E-state index in [4.69, 9.17) is 9.47 Å². The number of carbonyl (C=O) groups is 3. The Kier molecular flexibility index (Phi) is 12.1. The third-order valence-electron chi connectivity index (χ3n) is 5.26. The summed E-state index contributed by atoms with van der Waals surface area (Å²) in [7, 11) is -4.37. The minimum absolute atomic E-state index is 0.0600.